The van der Waals surface area contributed by atoms with Crippen molar-refractivity contribution in [2.45, 2.75) is 4.90 Å². The molecule has 0 saturated heterocycles. The Balaban J connectivity index is 2.12. The number of hydrogen-bond acceptors (Lipinski definition) is 4. The molecule has 9 heteroatoms. The van der Waals surface area contributed by atoms with Gasteiger partial charge in [-0.3, -0.25) is 4.57 Å². The molecular weight excluding hydrogens is 393 g/mol. The number of sulfone groups is 1. The molecule has 0 amide bonds. The Morgan fingerprint density at radius 3 is 2.25 bits per heavy atom. The highest BCUT2D eigenvalue weighted by molar-refractivity contribution is 7.90. The van der Waals surface area contributed by atoms with Gasteiger partial charge in [-0.25, -0.2) is 18.4 Å². The summed E-state index contributed by atoms with van der Waals surface area (Å²) in [5, 5.41) is 0.757. The molecule has 0 N–H and O–H groups in total. The molecule has 3 aromatic rings. The molecule has 24 heavy (non-hydrogen) atoms. The number of pyridine rings is 1. The molecule has 0 aliphatic rings. The standard InChI is InChI=1S/C15H10Cl3N3O2S/c1-24(22,23)11-4-2-10(3-5-11)21-8-20-15(18)13(21)9-6-12(16)14(17)19-7-9/h2-8H,1H3. The molecule has 0 atom stereocenters. The van der Waals surface area contributed by atoms with Crippen LogP contribution in [0.4, 0.5) is 0 Å². The van der Waals surface area contributed by atoms with E-state index in [1.165, 1.54) is 18.5 Å². The normalized spacial score (nSPS) is 11.7. The summed E-state index contributed by atoms with van der Waals surface area (Å²) in [6.07, 6.45) is 4.23. The highest BCUT2D eigenvalue weighted by atomic mass is 35.5. The lowest BCUT2D eigenvalue weighted by molar-refractivity contribution is 0.602. The van der Waals surface area contributed by atoms with Gasteiger partial charge in [-0.05, 0) is 30.3 Å². The summed E-state index contributed by atoms with van der Waals surface area (Å²) < 4.78 is 24.9. The Bertz CT molecular complexity index is 1010. The molecule has 2 aromatic heterocycles. The lowest BCUT2D eigenvalue weighted by Crippen LogP contribution is -1.99. The summed E-state index contributed by atoms with van der Waals surface area (Å²) in [6.45, 7) is 0. The van der Waals surface area contributed by atoms with Crippen molar-refractivity contribution in [2.75, 3.05) is 6.26 Å². The summed E-state index contributed by atoms with van der Waals surface area (Å²) in [6, 6.07) is 8.03. The van der Waals surface area contributed by atoms with Crippen LogP contribution in [-0.4, -0.2) is 29.2 Å². The number of nitrogens with zero attached hydrogens (tertiary/aromatic N) is 3. The van der Waals surface area contributed by atoms with E-state index in [9.17, 15) is 8.42 Å². The van der Waals surface area contributed by atoms with Crippen LogP contribution in [0.2, 0.25) is 15.3 Å². The minimum absolute atomic E-state index is 0.195. The van der Waals surface area contributed by atoms with Crippen molar-refractivity contribution in [1.29, 1.82) is 0 Å². The molecule has 0 bridgehead atoms. The van der Waals surface area contributed by atoms with Gasteiger partial charge in [0.25, 0.3) is 0 Å². The molecule has 0 spiro atoms. The Morgan fingerprint density at radius 1 is 1.00 bits per heavy atom. The number of benzene rings is 1. The maximum absolute atomic E-state index is 11.6. The van der Waals surface area contributed by atoms with Gasteiger partial charge in [0.05, 0.1) is 15.6 Å². The quantitative estimate of drug-likeness (QED) is 0.613. The zero-order valence-corrected chi connectivity index (χ0v) is 15.3. The fraction of sp³-hybridized carbons (Fsp3) is 0.0667. The third-order valence-electron chi connectivity index (χ3n) is 3.34. The summed E-state index contributed by atoms with van der Waals surface area (Å²) in [5.74, 6) is 0. The van der Waals surface area contributed by atoms with E-state index >= 15 is 0 Å². The second kappa shape index (κ2) is 6.37. The zero-order chi connectivity index (χ0) is 17.5. The predicted octanol–water partition coefficient (Wildman–Crippen LogP) is 4.30. The first-order valence-corrected chi connectivity index (χ1v) is 9.64. The van der Waals surface area contributed by atoms with Crippen molar-refractivity contribution >= 4 is 44.6 Å². The number of aromatic nitrogens is 3. The second-order valence-electron chi connectivity index (χ2n) is 5.02. The summed E-state index contributed by atoms with van der Waals surface area (Å²) in [4.78, 5) is 8.34. The van der Waals surface area contributed by atoms with Crippen molar-refractivity contribution in [3.8, 4) is 16.9 Å². The van der Waals surface area contributed by atoms with Crippen LogP contribution in [0.15, 0.2) is 47.8 Å². The van der Waals surface area contributed by atoms with Crippen LogP contribution < -0.4 is 0 Å². The van der Waals surface area contributed by atoms with Crippen molar-refractivity contribution in [1.82, 2.24) is 14.5 Å². The highest BCUT2D eigenvalue weighted by Crippen LogP contribution is 2.32. The average molecular weight is 403 g/mol. The monoisotopic (exact) mass is 401 g/mol. The topological polar surface area (TPSA) is 64.8 Å². The Hall–Kier alpha value is -1.60. The van der Waals surface area contributed by atoms with Crippen LogP contribution >= 0.6 is 34.8 Å². The number of hydrogen-bond donors (Lipinski definition) is 0. The number of imidazole rings is 1. The molecule has 0 fully saturated rings. The molecule has 2 heterocycles. The molecular formula is C15H10Cl3N3O2S. The second-order valence-corrected chi connectivity index (χ2v) is 8.16. The predicted molar refractivity (Wildman–Crippen MR) is 94.9 cm³/mol. The number of rotatable bonds is 3. The van der Waals surface area contributed by atoms with E-state index in [1.54, 1.807) is 29.0 Å². The minimum Gasteiger partial charge on any atom is -0.297 e. The number of halogens is 3. The van der Waals surface area contributed by atoms with Crippen LogP contribution in [0.1, 0.15) is 0 Å². The van der Waals surface area contributed by atoms with E-state index in [0.29, 0.717) is 22.0 Å². The van der Waals surface area contributed by atoms with Crippen LogP contribution in [-0.2, 0) is 9.84 Å². The Morgan fingerprint density at radius 2 is 1.67 bits per heavy atom. The SMILES string of the molecule is CS(=O)(=O)c1ccc(-n2cnc(Cl)c2-c2cnc(Cl)c(Cl)c2)cc1. The van der Waals surface area contributed by atoms with Crippen molar-refractivity contribution in [3.05, 3.63) is 58.2 Å². The van der Waals surface area contributed by atoms with Gasteiger partial charge in [0.1, 0.15) is 11.5 Å². The Labute approximate surface area is 153 Å². The Kier molecular flexibility index (Phi) is 4.57. The van der Waals surface area contributed by atoms with E-state index in [0.717, 1.165) is 6.26 Å². The van der Waals surface area contributed by atoms with E-state index in [-0.39, 0.29) is 15.2 Å². The summed E-state index contributed by atoms with van der Waals surface area (Å²) in [7, 11) is -3.26. The maximum atomic E-state index is 11.6. The third-order valence-corrected chi connectivity index (χ3v) is 5.43. The van der Waals surface area contributed by atoms with Gasteiger partial charge in [-0.1, -0.05) is 34.8 Å². The van der Waals surface area contributed by atoms with Gasteiger partial charge >= 0.3 is 0 Å². The first kappa shape index (κ1) is 17.2. The van der Waals surface area contributed by atoms with Crippen LogP contribution in [0.3, 0.4) is 0 Å². The van der Waals surface area contributed by atoms with E-state index in [2.05, 4.69) is 9.97 Å². The molecule has 3 rings (SSSR count). The first-order valence-electron chi connectivity index (χ1n) is 6.62. The summed E-state index contributed by atoms with van der Waals surface area (Å²) in [5.41, 5.74) is 1.91. The van der Waals surface area contributed by atoms with Gasteiger partial charge in [0, 0.05) is 23.7 Å². The van der Waals surface area contributed by atoms with Crippen molar-refractivity contribution in [2.24, 2.45) is 0 Å². The molecule has 0 radical (unpaired) electrons. The molecule has 5 nitrogen and oxygen atoms in total. The summed E-state index contributed by atoms with van der Waals surface area (Å²) >= 11 is 18.1. The van der Waals surface area contributed by atoms with Crippen molar-refractivity contribution in [3.63, 3.8) is 0 Å². The van der Waals surface area contributed by atoms with Crippen LogP contribution in [0.25, 0.3) is 16.9 Å². The van der Waals surface area contributed by atoms with Gasteiger partial charge in [0.2, 0.25) is 0 Å². The minimum atomic E-state index is -3.26. The van der Waals surface area contributed by atoms with Crippen LogP contribution in [0.5, 0.6) is 0 Å². The molecule has 0 aliphatic carbocycles. The first-order chi connectivity index (χ1) is 11.3. The highest BCUT2D eigenvalue weighted by Gasteiger charge is 2.15. The molecule has 0 aliphatic heterocycles. The van der Waals surface area contributed by atoms with Gasteiger partial charge in [-0.2, -0.15) is 0 Å². The van der Waals surface area contributed by atoms with Gasteiger partial charge in [0.15, 0.2) is 15.0 Å². The van der Waals surface area contributed by atoms with Crippen molar-refractivity contribution < 1.29 is 8.42 Å². The fourth-order valence-corrected chi connectivity index (χ4v) is 3.33. The van der Waals surface area contributed by atoms with Crippen LogP contribution in [0, 0.1) is 0 Å². The van der Waals surface area contributed by atoms with E-state index in [1.807, 2.05) is 0 Å². The molecule has 0 unspecified atom stereocenters. The molecule has 1 aromatic carbocycles. The average Bonchev–Trinajstić information content (AvgIpc) is 2.91. The zero-order valence-electron chi connectivity index (χ0n) is 12.2. The van der Waals surface area contributed by atoms with E-state index in [4.69, 9.17) is 34.8 Å². The largest absolute Gasteiger partial charge is 0.297 e. The third kappa shape index (κ3) is 3.28. The fourth-order valence-electron chi connectivity index (χ4n) is 2.19. The van der Waals surface area contributed by atoms with E-state index < -0.39 is 9.84 Å². The molecule has 124 valence electrons. The van der Waals surface area contributed by atoms with Gasteiger partial charge < -0.3 is 0 Å². The smallest absolute Gasteiger partial charge is 0.175 e. The molecule has 0 saturated carbocycles. The maximum Gasteiger partial charge on any atom is 0.175 e. The van der Waals surface area contributed by atoms with Gasteiger partial charge in [-0.15, -0.1) is 0 Å². The lowest BCUT2D eigenvalue weighted by atomic mass is 10.2. The lowest BCUT2D eigenvalue weighted by Gasteiger charge is -2.10.